The number of alkyl halides is 3. The van der Waals surface area contributed by atoms with Gasteiger partial charge in [0.2, 0.25) is 0 Å². The third-order valence-electron chi connectivity index (χ3n) is 2.92. The van der Waals surface area contributed by atoms with Gasteiger partial charge in [0, 0.05) is 17.7 Å². The van der Waals surface area contributed by atoms with Crippen molar-refractivity contribution in [2.75, 3.05) is 11.9 Å². The second-order valence-corrected chi connectivity index (χ2v) is 5.92. The Labute approximate surface area is 140 Å². The Morgan fingerprint density at radius 1 is 1.22 bits per heavy atom. The average molecular weight is 390 g/mol. The van der Waals surface area contributed by atoms with E-state index < -0.39 is 11.7 Å². The summed E-state index contributed by atoms with van der Waals surface area (Å²) >= 11 is 3.33. The molecule has 0 unspecified atom stereocenters. The van der Waals surface area contributed by atoms with E-state index in [-0.39, 0.29) is 17.9 Å². The van der Waals surface area contributed by atoms with Gasteiger partial charge in [-0.05, 0) is 41.9 Å². The minimum atomic E-state index is -4.57. The summed E-state index contributed by atoms with van der Waals surface area (Å²) in [5.41, 5.74) is -0.376. The van der Waals surface area contributed by atoms with Crippen LogP contribution in [0, 0.1) is 0 Å². The van der Waals surface area contributed by atoms with Gasteiger partial charge in [0.15, 0.2) is 5.82 Å². The number of nitrogens with zero attached hydrogens (tertiary/aromatic N) is 3. The molecule has 124 valence electrons. The van der Waals surface area contributed by atoms with E-state index in [2.05, 4.69) is 25.9 Å². The number of hydrogen-bond donors (Lipinski definition) is 0. The molecule has 0 aliphatic rings. The van der Waals surface area contributed by atoms with Gasteiger partial charge in [0.1, 0.15) is 5.56 Å². The van der Waals surface area contributed by atoms with Crippen molar-refractivity contribution in [3.8, 4) is 6.01 Å². The third kappa shape index (κ3) is 4.13. The summed E-state index contributed by atoms with van der Waals surface area (Å²) in [6.07, 6.45) is -4.07. The molecule has 0 saturated carbocycles. The fourth-order valence-corrected chi connectivity index (χ4v) is 2.47. The zero-order valence-corrected chi connectivity index (χ0v) is 14.3. The number of benzene rings is 1. The lowest BCUT2D eigenvalue weighted by molar-refractivity contribution is -0.137. The quantitative estimate of drug-likeness (QED) is 0.751. The molecule has 23 heavy (non-hydrogen) atoms. The molecule has 1 heterocycles. The Morgan fingerprint density at radius 2 is 1.87 bits per heavy atom. The summed E-state index contributed by atoms with van der Waals surface area (Å²) in [6, 6.07) is 6.85. The summed E-state index contributed by atoms with van der Waals surface area (Å²) in [5, 5.41) is 0. The summed E-state index contributed by atoms with van der Waals surface area (Å²) in [4.78, 5) is 8.95. The number of rotatable bonds is 4. The van der Waals surface area contributed by atoms with Crippen molar-refractivity contribution >= 4 is 27.4 Å². The Morgan fingerprint density at radius 3 is 2.43 bits per heavy atom. The lowest BCUT2D eigenvalue weighted by Crippen LogP contribution is -2.20. The molecule has 0 N–H and O–H groups in total. The minimum absolute atomic E-state index is 0.0955. The number of aromatic nitrogens is 2. The van der Waals surface area contributed by atoms with Crippen molar-refractivity contribution in [2.45, 2.75) is 26.1 Å². The van der Waals surface area contributed by atoms with E-state index in [1.165, 1.54) is 11.9 Å². The van der Waals surface area contributed by atoms with E-state index in [1.54, 1.807) is 38.1 Å². The minimum Gasteiger partial charge on any atom is -0.461 e. The van der Waals surface area contributed by atoms with Gasteiger partial charge >= 0.3 is 12.2 Å². The lowest BCUT2D eigenvalue weighted by atomic mass is 10.2. The molecule has 4 nitrogen and oxygen atoms in total. The molecular formula is C15H15BrF3N3O. The first-order valence-corrected chi connectivity index (χ1v) is 7.58. The normalized spacial score (nSPS) is 11.7. The average Bonchev–Trinajstić information content (AvgIpc) is 2.45. The van der Waals surface area contributed by atoms with Gasteiger partial charge in [-0.15, -0.1) is 0 Å². The monoisotopic (exact) mass is 389 g/mol. The topological polar surface area (TPSA) is 38.2 Å². The molecule has 0 fully saturated rings. The third-order valence-corrected chi connectivity index (χ3v) is 3.60. The van der Waals surface area contributed by atoms with Crippen molar-refractivity contribution < 1.29 is 17.9 Å². The maximum atomic E-state index is 13.3. The zero-order valence-electron chi connectivity index (χ0n) is 12.7. The lowest BCUT2D eigenvalue weighted by Gasteiger charge is -2.23. The molecule has 0 amide bonds. The first kappa shape index (κ1) is 17.5. The fraction of sp³-hybridized carbons (Fsp3) is 0.333. The van der Waals surface area contributed by atoms with E-state index in [0.29, 0.717) is 10.2 Å². The van der Waals surface area contributed by atoms with Gasteiger partial charge in [-0.3, -0.25) is 0 Å². The molecule has 0 aliphatic carbocycles. The van der Waals surface area contributed by atoms with Crippen LogP contribution in [0.15, 0.2) is 34.9 Å². The zero-order chi connectivity index (χ0) is 17.2. The van der Waals surface area contributed by atoms with Crippen LogP contribution < -0.4 is 9.64 Å². The number of anilines is 2. The van der Waals surface area contributed by atoms with E-state index in [1.807, 2.05) is 0 Å². The predicted octanol–water partition coefficient (Wildman–Crippen LogP) is 4.81. The molecule has 0 bridgehead atoms. The van der Waals surface area contributed by atoms with Gasteiger partial charge < -0.3 is 9.64 Å². The van der Waals surface area contributed by atoms with Crippen molar-refractivity contribution in [3.05, 3.63) is 40.5 Å². The van der Waals surface area contributed by atoms with Gasteiger partial charge in [-0.25, -0.2) is 4.98 Å². The second-order valence-electron chi connectivity index (χ2n) is 5.06. The van der Waals surface area contributed by atoms with Gasteiger partial charge in [-0.1, -0.05) is 12.1 Å². The van der Waals surface area contributed by atoms with Gasteiger partial charge in [0.05, 0.1) is 11.8 Å². The Balaban J connectivity index is 2.55. The maximum absolute atomic E-state index is 13.3. The highest BCUT2D eigenvalue weighted by Crippen LogP contribution is 2.39. The summed E-state index contributed by atoms with van der Waals surface area (Å²) in [6.45, 7) is 3.50. The Kier molecular flexibility index (Phi) is 5.13. The molecule has 2 rings (SSSR count). The van der Waals surface area contributed by atoms with Crippen LogP contribution in [0.5, 0.6) is 6.01 Å². The Hall–Kier alpha value is -1.83. The van der Waals surface area contributed by atoms with Crippen LogP contribution >= 0.6 is 15.9 Å². The smallest absolute Gasteiger partial charge is 0.421 e. The summed E-state index contributed by atoms with van der Waals surface area (Å²) in [7, 11) is 1.51. The van der Waals surface area contributed by atoms with Gasteiger partial charge in [0.25, 0.3) is 0 Å². The van der Waals surface area contributed by atoms with E-state index in [0.717, 1.165) is 6.20 Å². The number of halogens is 4. The number of hydrogen-bond acceptors (Lipinski definition) is 4. The summed E-state index contributed by atoms with van der Waals surface area (Å²) < 4.78 is 45.7. The molecule has 1 aromatic heterocycles. The first-order chi connectivity index (χ1) is 10.7. The molecule has 0 aliphatic heterocycles. The molecule has 0 radical (unpaired) electrons. The van der Waals surface area contributed by atoms with Crippen LogP contribution in [0.25, 0.3) is 0 Å². The largest absolute Gasteiger partial charge is 0.461 e. The van der Waals surface area contributed by atoms with Crippen LogP contribution in [-0.4, -0.2) is 23.1 Å². The van der Waals surface area contributed by atoms with Crippen molar-refractivity contribution in [2.24, 2.45) is 0 Å². The predicted molar refractivity (Wildman–Crippen MR) is 85.0 cm³/mol. The Bertz CT molecular complexity index is 692. The highest BCUT2D eigenvalue weighted by atomic mass is 79.9. The molecule has 0 atom stereocenters. The fourth-order valence-electron chi connectivity index (χ4n) is 1.92. The van der Waals surface area contributed by atoms with Crippen LogP contribution in [0.4, 0.5) is 24.7 Å². The highest BCUT2D eigenvalue weighted by molar-refractivity contribution is 9.10. The second kappa shape index (κ2) is 6.74. The molecular weight excluding hydrogens is 375 g/mol. The number of para-hydroxylation sites is 1. The maximum Gasteiger partial charge on any atom is 0.421 e. The van der Waals surface area contributed by atoms with E-state index in [9.17, 15) is 13.2 Å². The highest BCUT2D eigenvalue weighted by Gasteiger charge is 2.37. The van der Waals surface area contributed by atoms with Crippen LogP contribution in [0.2, 0.25) is 0 Å². The van der Waals surface area contributed by atoms with E-state index >= 15 is 0 Å². The van der Waals surface area contributed by atoms with Gasteiger partial charge in [-0.2, -0.15) is 18.2 Å². The van der Waals surface area contributed by atoms with Crippen LogP contribution in [0.3, 0.4) is 0 Å². The van der Waals surface area contributed by atoms with E-state index in [4.69, 9.17) is 4.74 Å². The van der Waals surface area contributed by atoms with Crippen LogP contribution in [-0.2, 0) is 6.18 Å². The van der Waals surface area contributed by atoms with Crippen molar-refractivity contribution in [1.29, 1.82) is 0 Å². The molecule has 8 heteroatoms. The molecule has 0 saturated heterocycles. The molecule has 2 aromatic rings. The van der Waals surface area contributed by atoms with Crippen molar-refractivity contribution in [1.82, 2.24) is 9.97 Å². The van der Waals surface area contributed by atoms with Crippen LogP contribution in [0.1, 0.15) is 19.4 Å². The first-order valence-electron chi connectivity index (χ1n) is 6.79. The summed E-state index contributed by atoms with van der Waals surface area (Å²) in [5.74, 6) is -0.268. The van der Waals surface area contributed by atoms with Crippen molar-refractivity contribution in [3.63, 3.8) is 0 Å². The standard InChI is InChI=1S/C15H15BrF3N3O/c1-9(2)23-14-20-8-10(15(17,18)19)13(21-14)22(3)12-7-5-4-6-11(12)16/h4-9H,1-3H3. The number of ether oxygens (including phenoxy) is 1. The SMILES string of the molecule is CC(C)Oc1ncc(C(F)(F)F)c(N(C)c2ccccc2Br)n1. The molecule has 0 spiro atoms. The molecule has 1 aromatic carbocycles.